The predicted molar refractivity (Wildman–Crippen MR) is 47.4 cm³/mol. The summed E-state index contributed by atoms with van der Waals surface area (Å²) in [5.74, 6) is -11.2. The molecule has 1 aromatic carbocycles. The van der Waals surface area contributed by atoms with Gasteiger partial charge in [-0.3, -0.25) is 0 Å². The molecule has 8 heteroatoms. The molecule has 0 amide bonds. The predicted octanol–water partition coefficient (Wildman–Crippen LogP) is 2.97. The van der Waals surface area contributed by atoms with Crippen LogP contribution in [0.25, 0.3) is 0 Å². The van der Waals surface area contributed by atoms with E-state index in [1.54, 1.807) is 0 Å². The standard InChI is InChI=1S/C9H7F6NO/c10-7(11)9(14,15)8(12,13)4-1-2-6(17)5(16)3-4/h1-3,7,17H,16H2. The van der Waals surface area contributed by atoms with Crippen molar-refractivity contribution < 1.29 is 31.4 Å². The van der Waals surface area contributed by atoms with Crippen LogP contribution in [0, 0.1) is 0 Å². The van der Waals surface area contributed by atoms with Crippen LogP contribution in [0.5, 0.6) is 5.75 Å². The molecule has 96 valence electrons. The second kappa shape index (κ2) is 4.01. The van der Waals surface area contributed by atoms with Gasteiger partial charge in [-0.1, -0.05) is 0 Å². The van der Waals surface area contributed by atoms with Gasteiger partial charge >= 0.3 is 18.3 Å². The van der Waals surface area contributed by atoms with Crippen LogP contribution in [0.1, 0.15) is 5.56 Å². The third-order valence-corrected chi connectivity index (χ3v) is 2.08. The Hall–Kier alpha value is -1.60. The summed E-state index contributed by atoms with van der Waals surface area (Å²) in [6.07, 6.45) is -4.52. The molecule has 17 heavy (non-hydrogen) atoms. The molecule has 0 aliphatic heterocycles. The first-order chi connectivity index (χ1) is 7.60. The molecule has 0 aliphatic carbocycles. The Morgan fingerprint density at radius 2 is 1.65 bits per heavy atom. The van der Waals surface area contributed by atoms with Crippen LogP contribution in [0.3, 0.4) is 0 Å². The average Bonchev–Trinajstić information content (AvgIpc) is 2.21. The molecule has 0 aliphatic rings. The highest BCUT2D eigenvalue weighted by molar-refractivity contribution is 5.54. The Balaban J connectivity index is 3.25. The molecule has 0 atom stereocenters. The highest BCUT2D eigenvalue weighted by Gasteiger charge is 2.63. The maximum atomic E-state index is 13.1. The van der Waals surface area contributed by atoms with Crippen molar-refractivity contribution in [1.82, 2.24) is 0 Å². The summed E-state index contributed by atoms with van der Waals surface area (Å²) in [6.45, 7) is 0. The summed E-state index contributed by atoms with van der Waals surface area (Å²) in [6, 6.07) is 1.35. The monoisotopic (exact) mass is 259 g/mol. The number of anilines is 1. The molecule has 0 spiro atoms. The lowest BCUT2D eigenvalue weighted by molar-refractivity contribution is -0.270. The topological polar surface area (TPSA) is 46.2 Å². The molecule has 0 saturated heterocycles. The molecule has 0 aromatic heterocycles. The van der Waals surface area contributed by atoms with Crippen molar-refractivity contribution in [2.75, 3.05) is 5.73 Å². The summed E-state index contributed by atoms with van der Waals surface area (Å²) in [7, 11) is 0. The van der Waals surface area contributed by atoms with E-state index >= 15 is 0 Å². The molecule has 2 nitrogen and oxygen atoms in total. The lowest BCUT2D eigenvalue weighted by Crippen LogP contribution is -2.44. The fourth-order valence-electron chi connectivity index (χ4n) is 1.08. The highest BCUT2D eigenvalue weighted by atomic mass is 19.3. The molecular weight excluding hydrogens is 252 g/mol. The number of nitrogen functional groups attached to an aromatic ring is 1. The normalized spacial score (nSPS) is 13.1. The van der Waals surface area contributed by atoms with E-state index in [0.29, 0.717) is 18.2 Å². The second-order valence-corrected chi connectivity index (χ2v) is 3.27. The van der Waals surface area contributed by atoms with Crippen LogP contribution < -0.4 is 5.73 Å². The number of hydrogen-bond donors (Lipinski definition) is 2. The molecule has 1 rings (SSSR count). The largest absolute Gasteiger partial charge is 0.506 e. The van der Waals surface area contributed by atoms with Crippen LogP contribution in [-0.4, -0.2) is 17.5 Å². The van der Waals surface area contributed by atoms with Gasteiger partial charge in [0.1, 0.15) is 5.75 Å². The number of hydrogen-bond acceptors (Lipinski definition) is 2. The van der Waals surface area contributed by atoms with Gasteiger partial charge in [0.15, 0.2) is 0 Å². The number of alkyl halides is 6. The van der Waals surface area contributed by atoms with Crippen molar-refractivity contribution in [2.24, 2.45) is 0 Å². The third kappa shape index (κ3) is 2.11. The van der Waals surface area contributed by atoms with E-state index in [-0.39, 0.29) is 0 Å². The number of nitrogens with two attached hydrogens (primary N) is 1. The summed E-state index contributed by atoms with van der Waals surface area (Å²) >= 11 is 0. The minimum atomic E-state index is -5.52. The van der Waals surface area contributed by atoms with E-state index in [9.17, 15) is 26.3 Å². The zero-order valence-electron chi connectivity index (χ0n) is 8.10. The molecule has 3 N–H and O–H groups in total. The molecule has 0 radical (unpaired) electrons. The zero-order valence-corrected chi connectivity index (χ0v) is 8.10. The first kappa shape index (κ1) is 13.5. The van der Waals surface area contributed by atoms with Crippen LogP contribution in [0.4, 0.5) is 32.0 Å². The summed E-state index contributed by atoms with van der Waals surface area (Å²) in [4.78, 5) is 0. The molecule has 0 saturated carbocycles. The SMILES string of the molecule is Nc1cc(C(F)(F)C(F)(F)C(F)F)ccc1O. The fourth-order valence-corrected chi connectivity index (χ4v) is 1.08. The van der Waals surface area contributed by atoms with E-state index in [1.807, 2.05) is 0 Å². The van der Waals surface area contributed by atoms with E-state index in [0.717, 1.165) is 0 Å². The van der Waals surface area contributed by atoms with Crippen LogP contribution in [0.15, 0.2) is 18.2 Å². The number of aromatic hydroxyl groups is 1. The average molecular weight is 259 g/mol. The van der Waals surface area contributed by atoms with E-state index < -0.39 is 35.3 Å². The summed E-state index contributed by atoms with van der Waals surface area (Å²) < 4.78 is 75.3. The van der Waals surface area contributed by atoms with Crippen molar-refractivity contribution in [2.45, 2.75) is 18.3 Å². The fraction of sp³-hybridized carbons (Fsp3) is 0.333. The van der Waals surface area contributed by atoms with Gasteiger partial charge in [-0.15, -0.1) is 0 Å². The number of rotatable bonds is 3. The Bertz CT molecular complexity index is 420. The van der Waals surface area contributed by atoms with Gasteiger partial charge in [-0.2, -0.15) is 17.6 Å². The molecule has 1 aromatic rings. The van der Waals surface area contributed by atoms with E-state index in [2.05, 4.69) is 0 Å². The van der Waals surface area contributed by atoms with Crippen molar-refractivity contribution in [1.29, 1.82) is 0 Å². The van der Waals surface area contributed by atoms with Gasteiger partial charge in [-0.25, -0.2) is 8.78 Å². The van der Waals surface area contributed by atoms with Crippen molar-refractivity contribution in [3.8, 4) is 5.75 Å². The summed E-state index contributed by atoms with van der Waals surface area (Å²) in [5, 5.41) is 8.92. The Morgan fingerprint density at radius 1 is 1.12 bits per heavy atom. The third-order valence-electron chi connectivity index (χ3n) is 2.08. The van der Waals surface area contributed by atoms with Crippen molar-refractivity contribution >= 4 is 5.69 Å². The highest BCUT2D eigenvalue weighted by Crippen LogP contribution is 2.47. The van der Waals surface area contributed by atoms with Gasteiger partial charge in [0.25, 0.3) is 0 Å². The maximum absolute atomic E-state index is 13.1. The quantitative estimate of drug-likeness (QED) is 0.498. The molecule has 0 unspecified atom stereocenters. The second-order valence-electron chi connectivity index (χ2n) is 3.27. The molecule has 0 fully saturated rings. The first-order valence-electron chi connectivity index (χ1n) is 4.23. The Morgan fingerprint density at radius 3 is 2.06 bits per heavy atom. The van der Waals surface area contributed by atoms with Crippen LogP contribution >= 0.6 is 0 Å². The zero-order chi connectivity index (χ0) is 13.4. The molecule has 0 bridgehead atoms. The summed E-state index contributed by atoms with van der Waals surface area (Å²) in [5.41, 5.74) is 3.03. The van der Waals surface area contributed by atoms with Gasteiger partial charge in [0.2, 0.25) is 0 Å². The number of halogens is 6. The van der Waals surface area contributed by atoms with Gasteiger partial charge in [-0.05, 0) is 18.2 Å². The van der Waals surface area contributed by atoms with Crippen LogP contribution in [-0.2, 0) is 5.92 Å². The van der Waals surface area contributed by atoms with E-state index in [1.165, 1.54) is 0 Å². The first-order valence-corrected chi connectivity index (χ1v) is 4.23. The minimum absolute atomic E-state index is 0.325. The maximum Gasteiger partial charge on any atom is 0.373 e. The lowest BCUT2D eigenvalue weighted by atomic mass is 10.0. The molecule has 0 heterocycles. The van der Waals surface area contributed by atoms with E-state index in [4.69, 9.17) is 10.8 Å². The molecular formula is C9H7F6NO. The van der Waals surface area contributed by atoms with Crippen molar-refractivity contribution in [3.63, 3.8) is 0 Å². The lowest BCUT2D eigenvalue weighted by Gasteiger charge is -2.26. The smallest absolute Gasteiger partial charge is 0.373 e. The number of phenolic OH excluding ortho intramolecular Hbond substituents is 1. The minimum Gasteiger partial charge on any atom is -0.506 e. The number of phenols is 1. The van der Waals surface area contributed by atoms with Crippen molar-refractivity contribution in [3.05, 3.63) is 23.8 Å². The van der Waals surface area contributed by atoms with Gasteiger partial charge in [0, 0.05) is 5.56 Å². The van der Waals surface area contributed by atoms with Gasteiger partial charge in [0.05, 0.1) is 5.69 Å². The number of benzene rings is 1. The Kier molecular flexibility index (Phi) is 3.17. The van der Waals surface area contributed by atoms with Gasteiger partial charge < -0.3 is 10.8 Å². The van der Waals surface area contributed by atoms with Crippen LogP contribution in [0.2, 0.25) is 0 Å². The Labute approximate surface area is 91.7 Å².